The molecule has 2 aromatic carbocycles. The minimum atomic E-state index is -0.489. The number of benzene rings is 2. The van der Waals surface area contributed by atoms with Gasteiger partial charge in [0.15, 0.2) is 12.4 Å². The van der Waals surface area contributed by atoms with Crippen LogP contribution in [0.3, 0.4) is 0 Å². The fourth-order valence-corrected chi connectivity index (χ4v) is 2.26. The van der Waals surface area contributed by atoms with E-state index in [1.807, 2.05) is 19.1 Å². The molecule has 0 amide bonds. The Balaban J connectivity index is 2.28. The van der Waals surface area contributed by atoms with E-state index < -0.39 is 5.97 Å². The molecule has 120 valence electrons. The first kappa shape index (κ1) is 17.0. The van der Waals surface area contributed by atoms with Gasteiger partial charge in [-0.2, -0.15) is 0 Å². The van der Waals surface area contributed by atoms with E-state index in [1.165, 1.54) is 6.07 Å². The molecule has 0 atom stereocenters. The van der Waals surface area contributed by atoms with Crippen LogP contribution in [0.1, 0.15) is 28.4 Å². The molecule has 0 saturated carbocycles. The Morgan fingerprint density at radius 2 is 1.91 bits per heavy atom. The topological polar surface area (TPSA) is 52.6 Å². The quantitative estimate of drug-likeness (QED) is 0.596. The molecule has 2 rings (SSSR count). The van der Waals surface area contributed by atoms with Crippen molar-refractivity contribution >= 4 is 23.4 Å². The number of rotatable bonds is 6. The summed E-state index contributed by atoms with van der Waals surface area (Å²) in [7, 11) is 0. The summed E-state index contributed by atoms with van der Waals surface area (Å²) in [6.45, 7) is 3.64. The summed E-state index contributed by atoms with van der Waals surface area (Å²) in [5.41, 5.74) is 1.83. The van der Waals surface area contributed by atoms with Crippen LogP contribution in [0.2, 0.25) is 5.02 Å². The first-order chi connectivity index (χ1) is 11.0. The van der Waals surface area contributed by atoms with Crippen molar-refractivity contribution in [1.29, 1.82) is 0 Å². The van der Waals surface area contributed by atoms with Crippen molar-refractivity contribution in [1.82, 2.24) is 0 Å². The Hall–Kier alpha value is -2.33. The van der Waals surface area contributed by atoms with Gasteiger partial charge in [-0.05, 0) is 38.1 Å². The van der Waals surface area contributed by atoms with Crippen LogP contribution in [0.25, 0.3) is 0 Å². The summed E-state index contributed by atoms with van der Waals surface area (Å²) in [4.78, 5) is 24.1. The lowest BCUT2D eigenvalue weighted by atomic mass is 10.0. The lowest BCUT2D eigenvalue weighted by Gasteiger charge is -2.11. The van der Waals surface area contributed by atoms with Gasteiger partial charge >= 0.3 is 5.97 Å². The second kappa shape index (κ2) is 7.79. The summed E-state index contributed by atoms with van der Waals surface area (Å²) in [5.74, 6) is -0.402. The monoisotopic (exact) mass is 332 g/mol. The molecule has 0 saturated heterocycles. The van der Waals surface area contributed by atoms with Gasteiger partial charge in [-0.25, -0.2) is 4.79 Å². The molecule has 5 heteroatoms. The second-order valence-electron chi connectivity index (χ2n) is 4.93. The van der Waals surface area contributed by atoms with Crippen molar-refractivity contribution in [2.24, 2.45) is 0 Å². The molecule has 0 spiro atoms. The van der Waals surface area contributed by atoms with E-state index in [0.29, 0.717) is 21.9 Å². The van der Waals surface area contributed by atoms with Crippen LogP contribution in [-0.4, -0.2) is 25.0 Å². The van der Waals surface area contributed by atoms with E-state index in [1.54, 1.807) is 31.2 Å². The Kier molecular flexibility index (Phi) is 5.77. The molecule has 0 radical (unpaired) electrons. The fraction of sp³-hybridized carbons (Fsp3) is 0.222. The minimum Gasteiger partial charge on any atom is -0.481 e. The van der Waals surface area contributed by atoms with E-state index in [0.717, 1.165) is 5.56 Å². The predicted molar refractivity (Wildman–Crippen MR) is 88.2 cm³/mol. The molecule has 0 aromatic heterocycles. The maximum Gasteiger partial charge on any atom is 0.344 e. The number of aryl methyl sites for hydroxylation is 1. The van der Waals surface area contributed by atoms with Crippen LogP contribution < -0.4 is 4.74 Å². The normalized spacial score (nSPS) is 10.2. The van der Waals surface area contributed by atoms with Crippen molar-refractivity contribution in [3.8, 4) is 5.75 Å². The van der Waals surface area contributed by atoms with Gasteiger partial charge in [0.25, 0.3) is 0 Å². The number of esters is 1. The average Bonchev–Trinajstić information content (AvgIpc) is 2.53. The zero-order valence-electron chi connectivity index (χ0n) is 13.0. The summed E-state index contributed by atoms with van der Waals surface area (Å²) in [6.07, 6.45) is 0. The summed E-state index contributed by atoms with van der Waals surface area (Å²) in [5, 5.41) is 0.421. The van der Waals surface area contributed by atoms with Crippen molar-refractivity contribution in [2.75, 3.05) is 13.2 Å². The fourth-order valence-electron chi connectivity index (χ4n) is 2.09. The van der Waals surface area contributed by atoms with Gasteiger partial charge in [0.1, 0.15) is 5.75 Å². The number of carbonyl (C=O) groups is 2. The van der Waals surface area contributed by atoms with Crippen LogP contribution in [-0.2, 0) is 9.53 Å². The highest BCUT2D eigenvalue weighted by Gasteiger charge is 2.16. The standard InChI is InChI=1S/C18H17ClO4/c1-3-22-17(20)11-23-16-8-7-14(19)10-15(16)18(21)13-6-4-5-12(2)9-13/h4-10H,3,11H2,1-2H3. The molecule has 0 fully saturated rings. The van der Waals surface area contributed by atoms with Crippen LogP contribution in [0.4, 0.5) is 0 Å². The molecule has 2 aromatic rings. The number of ether oxygens (including phenoxy) is 2. The van der Waals surface area contributed by atoms with Crippen molar-refractivity contribution in [3.63, 3.8) is 0 Å². The maximum absolute atomic E-state index is 12.7. The number of carbonyl (C=O) groups excluding carboxylic acids is 2. The van der Waals surface area contributed by atoms with Gasteiger partial charge in [0, 0.05) is 10.6 Å². The number of hydrogen-bond donors (Lipinski definition) is 0. The molecule has 0 aliphatic carbocycles. The van der Waals surface area contributed by atoms with Crippen molar-refractivity contribution in [2.45, 2.75) is 13.8 Å². The third-order valence-corrected chi connectivity index (χ3v) is 3.35. The molecular formula is C18H17ClO4. The molecule has 23 heavy (non-hydrogen) atoms. The molecule has 0 aliphatic heterocycles. The van der Waals surface area contributed by atoms with Crippen LogP contribution in [0.5, 0.6) is 5.75 Å². The molecule has 0 unspecified atom stereocenters. The zero-order chi connectivity index (χ0) is 16.8. The highest BCUT2D eigenvalue weighted by Crippen LogP contribution is 2.26. The lowest BCUT2D eigenvalue weighted by Crippen LogP contribution is -2.16. The molecular weight excluding hydrogens is 316 g/mol. The highest BCUT2D eigenvalue weighted by atomic mass is 35.5. The Morgan fingerprint density at radius 3 is 2.61 bits per heavy atom. The third-order valence-electron chi connectivity index (χ3n) is 3.12. The van der Waals surface area contributed by atoms with Gasteiger partial charge in [-0.3, -0.25) is 4.79 Å². The zero-order valence-corrected chi connectivity index (χ0v) is 13.7. The number of hydrogen-bond acceptors (Lipinski definition) is 4. The Morgan fingerprint density at radius 1 is 1.13 bits per heavy atom. The minimum absolute atomic E-state index is 0.213. The van der Waals surface area contributed by atoms with Gasteiger partial charge in [-0.15, -0.1) is 0 Å². The molecule has 4 nitrogen and oxygen atoms in total. The first-order valence-corrected chi connectivity index (χ1v) is 7.58. The van der Waals surface area contributed by atoms with Gasteiger partial charge in [0.2, 0.25) is 0 Å². The number of ketones is 1. The predicted octanol–water partition coefficient (Wildman–Crippen LogP) is 3.82. The summed E-state index contributed by atoms with van der Waals surface area (Å²) >= 11 is 5.99. The van der Waals surface area contributed by atoms with Gasteiger partial charge in [-0.1, -0.05) is 35.4 Å². The first-order valence-electron chi connectivity index (χ1n) is 7.20. The lowest BCUT2D eigenvalue weighted by molar-refractivity contribution is -0.145. The smallest absolute Gasteiger partial charge is 0.344 e. The van der Waals surface area contributed by atoms with E-state index in [-0.39, 0.29) is 19.0 Å². The maximum atomic E-state index is 12.7. The van der Waals surface area contributed by atoms with Gasteiger partial charge in [0.05, 0.1) is 12.2 Å². The second-order valence-corrected chi connectivity index (χ2v) is 5.37. The Bertz CT molecular complexity index is 725. The van der Waals surface area contributed by atoms with Gasteiger partial charge < -0.3 is 9.47 Å². The largest absolute Gasteiger partial charge is 0.481 e. The van der Waals surface area contributed by atoms with E-state index in [2.05, 4.69) is 0 Å². The van der Waals surface area contributed by atoms with Crippen LogP contribution in [0.15, 0.2) is 42.5 Å². The Labute approximate surface area is 140 Å². The van der Waals surface area contributed by atoms with E-state index in [4.69, 9.17) is 21.1 Å². The molecule has 0 bridgehead atoms. The van der Waals surface area contributed by atoms with Crippen molar-refractivity contribution < 1.29 is 19.1 Å². The summed E-state index contributed by atoms with van der Waals surface area (Å²) < 4.78 is 10.2. The number of halogens is 1. The van der Waals surface area contributed by atoms with E-state index in [9.17, 15) is 9.59 Å². The molecule has 0 heterocycles. The average molecular weight is 333 g/mol. The summed E-state index contributed by atoms with van der Waals surface area (Å²) in [6, 6.07) is 12.0. The SMILES string of the molecule is CCOC(=O)COc1ccc(Cl)cc1C(=O)c1cccc(C)c1. The third kappa shape index (κ3) is 4.57. The van der Waals surface area contributed by atoms with Crippen molar-refractivity contribution in [3.05, 3.63) is 64.2 Å². The van der Waals surface area contributed by atoms with Crippen LogP contribution in [0, 0.1) is 6.92 Å². The molecule has 0 aliphatic rings. The highest BCUT2D eigenvalue weighted by molar-refractivity contribution is 6.31. The van der Waals surface area contributed by atoms with Crippen LogP contribution >= 0.6 is 11.6 Å². The van der Waals surface area contributed by atoms with E-state index >= 15 is 0 Å². The molecule has 0 N–H and O–H groups in total.